The molecule has 16 heavy (non-hydrogen) atoms. The maximum absolute atomic E-state index is 10.3. The summed E-state index contributed by atoms with van der Waals surface area (Å²) in [5.41, 5.74) is 1.86. The summed E-state index contributed by atoms with van der Waals surface area (Å²) < 4.78 is 5.66. The van der Waals surface area contributed by atoms with Crippen LogP contribution in [0.15, 0.2) is 24.3 Å². The molecule has 0 aromatic heterocycles. The van der Waals surface area contributed by atoms with Crippen LogP contribution in [-0.2, 0) is 11.2 Å². The fourth-order valence-electron chi connectivity index (χ4n) is 2.30. The number of hydrogen-bond acceptors (Lipinski definition) is 2. The molecule has 1 aliphatic rings. The van der Waals surface area contributed by atoms with Crippen LogP contribution in [-0.4, -0.2) is 17.3 Å². The first-order chi connectivity index (χ1) is 7.65. The van der Waals surface area contributed by atoms with E-state index in [4.69, 9.17) is 4.74 Å². The van der Waals surface area contributed by atoms with E-state index in [2.05, 4.69) is 19.1 Å². The number of benzene rings is 1. The highest BCUT2D eigenvalue weighted by molar-refractivity contribution is 5.26. The molecule has 0 bridgehead atoms. The predicted molar refractivity (Wildman–Crippen MR) is 64.4 cm³/mol. The van der Waals surface area contributed by atoms with E-state index < -0.39 is 11.7 Å². The molecular formula is C14H20O2. The Labute approximate surface area is 97.3 Å². The lowest BCUT2D eigenvalue weighted by Crippen LogP contribution is -2.31. The third-order valence-corrected chi connectivity index (χ3v) is 3.53. The van der Waals surface area contributed by atoms with Crippen LogP contribution in [0.2, 0.25) is 0 Å². The topological polar surface area (TPSA) is 29.5 Å². The summed E-state index contributed by atoms with van der Waals surface area (Å²) in [6.07, 6.45) is 2.50. The molecule has 2 unspecified atom stereocenters. The van der Waals surface area contributed by atoms with Crippen molar-refractivity contribution in [3.8, 4) is 0 Å². The zero-order valence-corrected chi connectivity index (χ0v) is 10.1. The summed E-state index contributed by atoms with van der Waals surface area (Å²) in [4.78, 5) is 0. The summed E-state index contributed by atoms with van der Waals surface area (Å²) in [5, 5.41) is 10.3. The van der Waals surface area contributed by atoms with E-state index in [0.29, 0.717) is 0 Å². The smallest absolute Gasteiger partial charge is 0.108 e. The van der Waals surface area contributed by atoms with E-state index in [1.807, 2.05) is 19.1 Å². The van der Waals surface area contributed by atoms with Crippen molar-refractivity contribution >= 4 is 0 Å². The Morgan fingerprint density at radius 3 is 2.56 bits per heavy atom. The summed E-state index contributed by atoms with van der Waals surface area (Å²) >= 11 is 0. The molecule has 0 aliphatic carbocycles. The fourth-order valence-corrected chi connectivity index (χ4v) is 2.30. The molecule has 0 spiro atoms. The van der Waals surface area contributed by atoms with Gasteiger partial charge < -0.3 is 9.84 Å². The van der Waals surface area contributed by atoms with E-state index in [1.54, 1.807) is 0 Å². The second-order valence-electron chi connectivity index (χ2n) is 4.76. The van der Waals surface area contributed by atoms with Gasteiger partial charge in [-0.15, -0.1) is 0 Å². The average Bonchev–Trinajstić information content (AvgIpc) is 2.77. The first-order valence-corrected chi connectivity index (χ1v) is 6.06. The molecule has 2 atom stereocenters. The molecule has 0 amide bonds. The number of rotatable bonds is 3. The molecule has 88 valence electrons. The van der Waals surface area contributed by atoms with Gasteiger partial charge in [-0.1, -0.05) is 31.2 Å². The molecule has 1 N–H and O–H groups in total. The van der Waals surface area contributed by atoms with Crippen LogP contribution in [0.5, 0.6) is 0 Å². The van der Waals surface area contributed by atoms with Gasteiger partial charge in [0.15, 0.2) is 0 Å². The minimum atomic E-state index is -0.513. The molecule has 1 aromatic rings. The Balaban J connectivity index is 2.16. The van der Waals surface area contributed by atoms with Crippen LogP contribution in [0.1, 0.15) is 43.9 Å². The van der Waals surface area contributed by atoms with Crippen LogP contribution in [0.4, 0.5) is 0 Å². The lowest BCUT2D eigenvalue weighted by molar-refractivity contribution is -0.0796. The Hall–Kier alpha value is -0.860. The number of ether oxygens (including phenoxy) is 1. The van der Waals surface area contributed by atoms with E-state index in [9.17, 15) is 5.11 Å². The van der Waals surface area contributed by atoms with Gasteiger partial charge >= 0.3 is 0 Å². The maximum atomic E-state index is 10.3. The largest absolute Gasteiger partial charge is 0.385 e. The van der Waals surface area contributed by atoms with Gasteiger partial charge in [-0.05, 0) is 37.3 Å². The van der Waals surface area contributed by atoms with Crippen LogP contribution in [0, 0.1) is 0 Å². The molecule has 2 heteroatoms. The quantitative estimate of drug-likeness (QED) is 0.848. The van der Waals surface area contributed by atoms with Gasteiger partial charge in [0, 0.05) is 6.61 Å². The number of hydrogen-bond donors (Lipinski definition) is 1. The summed E-state index contributed by atoms with van der Waals surface area (Å²) in [7, 11) is 0. The molecule has 0 radical (unpaired) electrons. The molecule has 2 rings (SSSR count). The molecule has 2 nitrogen and oxygen atoms in total. The van der Waals surface area contributed by atoms with Crippen LogP contribution in [0.3, 0.4) is 0 Å². The molecule has 1 heterocycles. The van der Waals surface area contributed by atoms with Gasteiger partial charge in [0.05, 0.1) is 5.60 Å². The van der Waals surface area contributed by atoms with E-state index >= 15 is 0 Å². The molecule has 1 saturated heterocycles. The SMILES string of the molecule is CCc1ccc(C(O)C2(C)CCCO2)cc1. The van der Waals surface area contributed by atoms with Crippen molar-refractivity contribution in [1.82, 2.24) is 0 Å². The Morgan fingerprint density at radius 2 is 2.06 bits per heavy atom. The first-order valence-electron chi connectivity index (χ1n) is 6.06. The van der Waals surface area contributed by atoms with Gasteiger partial charge in [-0.25, -0.2) is 0 Å². The Bertz CT molecular complexity index is 336. The molecule has 1 fully saturated rings. The van der Waals surface area contributed by atoms with Crippen molar-refractivity contribution in [2.45, 2.75) is 44.8 Å². The zero-order chi connectivity index (χ0) is 11.6. The van der Waals surface area contributed by atoms with Gasteiger partial charge in [-0.2, -0.15) is 0 Å². The lowest BCUT2D eigenvalue weighted by atomic mass is 9.90. The predicted octanol–water partition coefficient (Wildman–Crippen LogP) is 2.85. The summed E-state index contributed by atoms with van der Waals surface area (Å²) in [6.45, 7) is 4.89. The second kappa shape index (κ2) is 4.56. The Kier molecular flexibility index (Phi) is 3.31. The van der Waals surface area contributed by atoms with Crippen molar-refractivity contribution in [3.05, 3.63) is 35.4 Å². The first kappa shape index (κ1) is 11.6. The van der Waals surface area contributed by atoms with Crippen molar-refractivity contribution in [2.75, 3.05) is 6.61 Å². The van der Waals surface area contributed by atoms with Crippen molar-refractivity contribution < 1.29 is 9.84 Å². The summed E-state index contributed by atoms with van der Waals surface area (Å²) in [6, 6.07) is 8.18. The minimum absolute atomic E-state index is 0.395. The monoisotopic (exact) mass is 220 g/mol. The average molecular weight is 220 g/mol. The van der Waals surface area contributed by atoms with Crippen molar-refractivity contribution in [1.29, 1.82) is 0 Å². The molecule has 1 aliphatic heterocycles. The number of aliphatic hydroxyl groups excluding tert-OH is 1. The third-order valence-electron chi connectivity index (χ3n) is 3.53. The highest BCUT2D eigenvalue weighted by Gasteiger charge is 2.38. The Morgan fingerprint density at radius 1 is 1.38 bits per heavy atom. The van der Waals surface area contributed by atoms with Crippen molar-refractivity contribution in [2.24, 2.45) is 0 Å². The maximum Gasteiger partial charge on any atom is 0.108 e. The normalized spacial score (nSPS) is 26.9. The third kappa shape index (κ3) is 2.13. The second-order valence-corrected chi connectivity index (χ2v) is 4.76. The van der Waals surface area contributed by atoms with Crippen molar-refractivity contribution in [3.63, 3.8) is 0 Å². The minimum Gasteiger partial charge on any atom is -0.385 e. The lowest BCUT2D eigenvalue weighted by Gasteiger charge is -2.29. The number of aryl methyl sites for hydroxylation is 1. The molecule has 1 aromatic carbocycles. The van der Waals surface area contributed by atoms with Crippen LogP contribution < -0.4 is 0 Å². The summed E-state index contributed by atoms with van der Waals surface area (Å²) in [5.74, 6) is 0. The molecular weight excluding hydrogens is 200 g/mol. The standard InChI is InChI=1S/C14H20O2/c1-3-11-5-7-12(8-6-11)13(15)14(2)9-4-10-16-14/h5-8,13,15H,3-4,9-10H2,1-2H3. The van der Waals surface area contributed by atoms with E-state index in [0.717, 1.165) is 31.4 Å². The van der Waals surface area contributed by atoms with Gasteiger partial charge in [0.25, 0.3) is 0 Å². The fraction of sp³-hybridized carbons (Fsp3) is 0.571. The van der Waals surface area contributed by atoms with E-state index in [-0.39, 0.29) is 0 Å². The van der Waals surface area contributed by atoms with Crippen LogP contribution >= 0.6 is 0 Å². The van der Waals surface area contributed by atoms with Gasteiger partial charge in [0.2, 0.25) is 0 Å². The van der Waals surface area contributed by atoms with Crippen LogP contribution in [0.25, 0.3) is 0 Å². The van der Waals surface area contributed by atoms with E-state index in [1.165, 1.54) is 5.56 Å². The highest BCUT2D eigenvalue weighted by Crippen LogP contribution is 2.37. The van der Waals surface area contributed by atoms with Gasteiger partial charge in [0.1, 0.15) is 6.10 Å². The molecule has 0 saturated carbocycles. The van der Waals surface area contributed by atoms with Gasteiger partial charge in [-0.3, -0.25) is 0 Å². The zero-order valence-electron chi connectivity index (χ0n) is 10.1. The highest BCUT2D eigenvalue weighted by atomic mass is 16.5. The number of aliphatic hydroxyl groups is 1.